The number of carbonyl (C=O) groups is 1. The van der Waals surface area contributed by atoms with Crippen LogP contribution in [-0.2, 0) is 4.74 Å². The van der Waals surface area contributed by atoms with Crippen molar-refractivity contribution >= 4 is 11.8 Å². The fourth-order valence-electron chi connectivity index (χ4n) is 1.41. The predicted octanol–water partition coefficient (Wildman–Crippen LogP) is 2.56. The van der Waals surface area contributed by atoms with Crippen LogP contribution in [0.15, 0.2) is 29.4 Å². The van der Waals surface area contributed by atoms with Crippen molar-refractivity contribution in [3.63, 3.8) is 0 Å². The SMILES string of the molecule is CCOC(=O)N/N=C(\CC)c1ccc(OC)cc1. The van der Waals surface area contributed by atoms with Gasteiger partial charge < -0.3 is 9.47 Å². The molecule has 1 aromatic carbocycles. The number of hydrogen-bond donors (Lipinski definition) is 1. The number of hydrazone groups is 1. The molecule has 0 spiro atoms. The molecular weight excluding hydrogens is 232 g/mol. The third-order valence-electron chi connectivity index (χ3n) is 2.32. The molecule has 1 aromatic rings. The van der Waals surface area contributed by atoms with Crippen molar-refractivity contribution in [2.24, 2.45) is 5.10 Å². The number of carbonyl (C=O) groups excluding carboxylic acids is 1. The van der Waals surface area contributed by atoms with E-state index >= 15 is 0 Å². The summed E-state index contributed by atoms with van der Waals surface area (Å²) in [5, 5.41) is 4.04. The summed E-state index contributed by atoms with van der Waals surface area (Å²) in [7, 11) is 1.62. The molecule has 0 saturated heterocycles. The number of nitrogens with zero attached hydrogens (tertiary/aromatic N) is 1. The Hall–Kier alpha value is -2.04. The van der Waals surface area contributed by atoms with E-state index in [1.165, 1.54) is 0 Å². The van der Waals surface area contributed by atoms with Gasteiger partial charge in [0.15, 0.2) is 0 Å². The second-order valence-electron chi connectivity index (χ2n) is 3.47. The highest BCUT2D eigenvalue weighted by Gasteiger charge is 2.03. The number of methoxy groups -OCH3 is 1. The molecule has 0 aromatic heterocycles. The summed E-state index contributed by atoms with van der Waals surface area (Å²) in [4.78, 5) is 11.1. The first-order valence-corrected chi connectivity index (χ1v) is 5.85. The molecule has 0 unspecified atom stereocenters. The van der Waals surface area contributed by atoms with Gasteiger partial charge in [-0.2, -0.15) is 5.10 Å². The Labute approximate surface area is 107 Å². The summed E-state index contributed by atoms with van der Waals surface area (Å²) in [6.07, 6.45) is 0.163. The van der Waals surface area contributed by atoms with Crippen LogP contribution in [-0.4, -0.2) is 25.5 Å². The van der Waals surface area contributed by atoms with Crippen molar-refractivity contribution in [2.75, 3.05) is 13.7 Å². The molecule has 0 aliphatic carbocycles. The van der Waals surface area contributed by atoms with E-state index in [9.17, 15) is 4.79 Å². The Balaban J connectivity index is 2.75. The minimum absolute atomic E-state index is 0.325. The lowest BCUT2D eigenvalue weighted by Crippen LogP contribution is -2.20. The lowest BCUT2D eigenvalue weighted by molar-refractivity contribution is 0.152. The summed E-state index contributed by atoms with van der Waals surface area (Å²) in [5.41, 5.74) is 4.08. The third-order valence-corrected chi connectivity index (χ3v) is 2.32. The highest BCUT2D eigenvalue weighted by Crippen LogP contribution is 2.13. The highest BCUT2D eigenvalue weighted by molar-refractivity contribution is 6.00. The van der Waals surface area contributed by atoms with Crippen molar-refractivity contribution in [3.05, 3.63) is 29.8 Å². The molecule has 5 nitrogen and oxygen atoms in total. The summed E-state index contributed by atoms with van der Waals surface area (Å²) >= 11 is 0. The molecule has 0 atom stereocenters. The quantitative estimate of drug-likeness (QED) is 0.645. The van der Waals surface area contributed by atoms with Crippen LogP contribution in [0.25, 0.3) is 0 Å². The normalized spacial score (nSPS) is 10.9. The molecule has 0 radical (unpaired) electrons. The number of hydrogen-bond acceptors (Lipinski definition) is 4. The minimum Gasteiger partial charge on any atom is -0.497 e. The summed E-state index contributed by atoms with van der Waals surface area (Å²) in [6.45, 7) is 4.04. The van der Waals surface area contributed by atoms with E-state index in [4.69, 9.17) is 9.47 Å². The lowest BCUT2D eigenvalue weighted by atomic mass is 10.1. The van der Waals surface area contributed by atoms with Gasteiger partial charge in [-0.15, -0.1) is 0 Å². The molecule has 0 aliphatic rings. The smallest absolute Gasteiger partial charge is 0.427 e. The molecule has 18 heavy (non-hydrogen) atoms. The average molecular weight is 250 g/mol. The Morgan fingerprint density at radius 3 is 2.44 bits per heavy atom. The van der Waals surface area contributed by atoms with E-state index in [0.717, 1.165) is 17.0 Å². The van der Waals surface area contributed by atoms with Crippen LogP contribution in [0.1, 0.15) is 25.8 Å². The van der Waals surface area contributed by atoms with E-state index in [1.54, 1.807) is 14.0 Å². The first kappa shape index (κ1) is 14.0. The fraction of sp³-hybridized carbons (Fsp3) is 0.385. The fourth-order valence-corrected chi connectivity index (χ4v) is 1.41. The summed E-state index contributed by atoms with van der Waals surface area (Å²) in [6, 6.07) is 7.50. The van der Waals surface area contributed by atoms with Crippen LogP contribution in [0.4, 0.5) is 4.79 Å². The number of benzene rings is 1. The molecule has 0 fully saturated rings. The van der Waals surface area contributed by atoms with E-state index in [-0.39, 0.29) is 0 Å². The van der Waals surface area contributed by atoms with Gasteiger partial charge in [0, 0.05) is 0 Å². The first-order valence-electron chi connectivity index (χ1n) is 5.85. The number of amides is 1. The molecular formula is C13H18N2O3. The molecule has 1 rings (SSSR count). The van der Waals surface area contributed by atoms with Gasteiger partial charge in [0.1, 0.15) is 5.75 Å². The average Bonchev–Trinajstić information content (AvgIpc) is 2.40. The van der Waals surface area contributed by atoms with E-state index < -0.39 is 6.09 Å². The summed E-state index contributed by atoms with van der Waals surface area (Å²) in [5.74, 6) is 0.785. The van der Waals surface area contributed by atoms with Gasteiger partial charge in [-0.05, 0) is 43.2 Å². The van der Waals surface area contributed by atoms with Crippen molar-refractivity contribution < 1.29 is 14.3 Å². The van der Waals surface area contributed by atoms with Gasteiger partial charge in [0.25, 0.3) is 0 Å². The van der Waals surface area contributed by atoms with Gasteiger partial charge in [0.2, 0.25) is 0 Å². The molecule has 0 bridgehead atoms. The van der Waals surface area contributed by atoms with E-state index in [1.807, 2.05) is 31.2 Å². The molecule has 1 amide bonds. The van der Waals surface area contributed by atoms with Crippen LogP contribution in [0.5, 0.6) is 5.75 Å². The Bertz CT molecular complexity index is 413. The zero-order chi connectivity index (χ0) is 13.4. The second kappa shape index (κ2) is 7.32. The summed E-state index contributed by atoms with van der Waals surface area (Å²) < 4.78 is 9.82. The number of nitrogens with one attached hydrogen (secondary N) is 1. The molecule has 1 N–H and O–H groups in total. The van der Waals surface area contributed by atoms with Gasteiger partial charge in [-0.3, -0.25) is 0 Å². The highest BCUT2D eigenvalue weighted by atomic mass is 16.5. The van der Waals surface area contributed by atoms with Crippen molar-refractivity contribution in [1.29, 1.82) is 0 Å². The van der Waals surface area contributed by atoms with Gasteiger partial charge in [-0.25, -0.2) is 10.2 Å². The van der Waals surface area contributed by atoms with Crippen molar-refractivity contribution in [1.82, 2.24) is 5.43 Å². The minimum atomic E-state index is -0.544. The van der Waals surface area contributed by atoms with Crippen LogP contribution in [0, 0.1) is 0 Å². The zero-order valence-electron chi connectivity index (χ0n) is 10.9. The van der Waals surface area contributed by atoms with Crippen LogP contribution >= 0.6 is 0 Å². The maximum atomic E-state index is 11.1. The molecule has 0 saturated carbocycles. The lowest BCUT2D eigenvalue weighted by Gasteiger charge is -2.06. The topological polar surface area (TPSA) is 59.9 Å². The van der Waals surface area contributed by atoms with Crippen LogP contribution < -0.4 is 10.2 Å². The molecule has 5 heteroatoms. The monoisotopic (exact) mass is 250 g/mol. The second-order valence-corrected chi connectivity index (χ2v) is 3.47. The molecule has 98 valence electrons. The van der Waals surface area contributed by atoms with Gasteiger partial charge >= 0.3 is 6.09 Å². The number of rotatable bonds is 5. The Morgan fingerprint density at radius 2 is 1.94 bits per heavy atom. The Morgan fingerprint density at radius 1 is 1.28 bits per heavy atom. The van der Waals surface area contributed by atoms with Crippen LogP contribution in [0.3, 0.4) is 0 Å². The third kappa shape index (κ3) is 4.08. The first-order chi connectivity index (χ1) is 8.71. The number of ether oxygens (including phenoxy) is 2. The van der Waals surface area contributed by atoms with Crippen molar-refractivity contribution in [3.8, 4) is 5.75 Å². The van der Waals surface area contributed by atoms with Gasteiger partial charge in [-0.1, -0.05) is 6.92 Å². The van der Waals surface area contributed by atoms with Crippen molar-refractivity contribution in [2.45, 2.75) is 20.3 Å². The van der Waals surface area contributed by atoms with E-state index in [2.05, 4.69) is 10.5 Å². The van der Waals surface area contributed by atoms with E-state index in [0.29, 0.717) is 13.0 Å². The maximum Gasteiger partial charge on any atom is 0.427 e. The largest absolute Gasteiger partial charge is 0.497 e. The van der Waals surface area contributed by atoms with Gasteiger partial charge in [0.05, 0.1) is 19.4 Å². The predicted molar refractivity (Wildman–Crippen MR) is 70.0 cm³/mol. The molecule has 0 heterocycles. The standard InChI is InChI=1S/C13H18N2O3/c1-4-12(14-15-13(16)18-5-2)10-6-8-11(17-3)9-7-10/h6-9H,4-5H2,1-3H3,(H,15,16)/b14-12+. The maximum absolute atomic E-state index is 11.1. The molecule has 0 aliphatic heterocycles. The zero-order valence-corrected chi connectivity index (χ0v) is 10.9. The van der Waals surface area contributed by atoms with Crippen LogP contribution in [0.2, 0.25) is 0 Å². The Kier molecular flexibility index (Phi) is 5.70.